The van der Waals surface area contributed by atoms with Gasteiger partial charge in [0.1, 0.15) is 22.0 Å². The van der Waals surface area contributed by atoms with E-state index in [1.54, 1.807) is 0 Å². The van der Waals surface area contributed by atoms with Crippen LogP contribution in [0, 0.1) is 0 Å². The second kappa shape index (κ2) is 7.79. The molecule has 0 radical (unpaired) electrons. The number of benzene rings is 4. The van der Waals surface area contributed by atoms with Gasteiger partial charge in [-0.15, -0.1) is 0 Å². The molecule has 0 saturated heterocycles. The average Bonchev–Trinajstić information content (AvgIpc) is 3.22. The molecule has 1 unspecified atom stereocenters. The molecule has 1 aliphatic carbocycles. The highest BCUT2D eigenvalue weighted by atomic mass is 31.2. The van der Waals surface area contributed by atoms with Gasteiger partial charge in [-0.25, -0.2) is 4.52 Å². The fourth-order valence-electron chi connectivity index (χ4n) is 4.02. The van der Waals surface area contributed by atoms with Crippen LogP contribution in [-0.4, -0.2) is 0 Å². The minimum Gasteiger partial charge on any atom is -0.210 e. The number of fused-ring (bicyclic) bond motifs is 1. The highest BCUT2D eigenvalue weighted by molar-refractivity contribution is 7.91. The molecule has 1 aliphatic rings. The molecular formula is C27H22OP+. The third-order valence-electron chi connectivity index (χ3n) is 5.38. The second-order valence-electron chi connectivity index (χ2n) is 7.13. The molecule has 0 saturated carbocycles. The van der Waals surface area contributed by atoms with E-state index in [4.69, 9.17) is 4.52 Å². The fraction of sp³-hybridized carbons (Fsp3) is 0.0370. The zero-order chi connectivity index (χ0) is 19.5. The van der Waals surface area contributed by atoms with Crippen molar-refractivity contribution in [3.8, 4) is 0 Å². The maximum absolute atomic E-state index is 7.21. The number of hydrogen-bond donors (Lipinski definition) is 0. The van der Waals surface area contributed by atoms with Gasteiger partial charge in [0.25, 0.3) is 0 Å². The van der Waals surface area contributed by atoms with Gasteiger partial charge in [0, 0.05) is 0 Å². The molecule has 140 valence electrons. The Hall–Kier alpha value is -2.99. The molecule has 29 heavy (non-hydrogen) atoms. The lowest BCUT2D eigenvalue weighted by Gasteiger charge is -2.28. The van der Waals surface area contributed by atoms with Crippen molar-refractivity contribution in [2.45, 2.75) is 6.10 Å². The Morgan fingerprint density at radius 2 is 0.966 bits per heavy atom. The minimum atomic E-state index is -2.31. The molecule has 1 nitrogen and oxygen atoms in total. The Kier molecular flexibility index (Phi) is 4.86. The van der Waals surface area contributed by atoms with E-state index < -0.39 is 7.49 Å². The summed E-state index contributed by atoms with van der Waals surface area (Å²) < 4.78 is 7.21. The summed E-state index contributed by atoms with van der Waals surface area (Å²) in [6.45, 7) is 0. The van der Waals surface area contributed by atoms with Gasteiger partial charge in [-0.3, -0.25) is 0 Å². The third-order valence-corrected chi connectivity index (χ3v) is 9.00. The normalized spacial score (nSPS) is 15.2. The summed E-state index contributed by atoms with van der Waals surface area (Å²) in [6.07, 6.45) is 4.30. The second-order valence-corrected chi connectivity index (χ2v) is 10.1. The van der Waals surface area contributed by atoms with Crippen LogP contribution in [0.5, 0.6) is 0 Å². The third kappa shape index (κ3) is 3.23. The fourth-order valence-corrected chi connectivity index (χ4v) is 7.58. The lowest BCUT2D eigenvalue weighted by atomic mass is 10.1. The van der Waals surface area contributed by atoms with Crippen LogP contribution < -0.4 is 15.9 Å². The van der Waals surface area contributed by atoms with Crippen molar-refractivity contribution in [2.24, 2.45) is 0 Å². The summed E-state index contributed by atoms with van der Waals surface area (Å²) in [7, 11) is -2.31. The van der Waals surface area contributed by atoms with Crippen molar-refractivity contribution in [3.63, 3.8) is 0 Å². The van der Waals surface area contributed by atoms with Crippen molar-refractivity contribution in [3.05, 3.63) is 132 Å². The molecule has 2 heteroatoms. The van der Waals surface area contributed by atoms with E-state index in [2.05, 4.69) is 127 Å². The smallest absolute Gasteiger partial charge is 0.210 e. The van der Waals surface area contributed by atoms with Crippen LogP contribution in [0.3, 0.4) is 0 Å². The molecule has 1 atom stereocenters. The summed E-state index contributed by atoms with van der Waals surface area (Å²) in [5.41, 5.74) is 2.48. The van der Waals surface area contributed by atoms with Crippen molar-refractivity contribution < 1.29 is 4.52 Å². The molecule has 5 rings (SSSR count). The molecule has 0 N–H and O–H groups in total. The van der Waals surface area contributed by atoms with Gasteiger partial charge in [0.15, 0.2) is 0 Å². The molecule has 4 aromatic rings. The molecule has 0 aliphatic heterocycles. The Balaban J connectivity index is 1.74. The van der Waals surface area contributed by atoms with Crippen LogP contribution in [0.15, 0.2) is 121 Å². The van der Waals surface area contributed by atoms with Crippen LogP contribution in [0.1, 0.15) is 17.2 Å². The van der Waals surface area contributed by atoms with E-state index in [0.29, 0.717) is 0 Å². The first-order valence-electron chi connectivity index (χ1n) is 9.89. The Morgan fingerprint density at radius 3 is 1.48 bits per heavy atom. The predicted molar refractivity (Wildman–Crippen MR) is 124 cm³/mol. The Morgan fingerprint density at radius 1 is 0.517 bits per heavy atom. The van der Waals surface area contributed by atoms with Crippen LogP contribution in [0.25, 0.3) is 6.08 Å². The highest BCUT2D eigenvalue weighted by Gasteiger charge is 2.50. The lowest BCUT2D eigenvalue weighted by molar-refractivity contribution is 0.291. The number of hydrogen-bond acceptors (Lipinski definition) is 1. The first kappa shape index (κ1) is 18.1. The van der Waals surface area contributed by atoms with Gasteiger partial charge in [0.05, 0.1) is 0 Å². The van der Waals surface area contributed by atoms with Crippen LogP contribution in [0.4, 0.5) is 0 Å². The summed E-state index contributed by atoms with van der Waals surface area (Å²) in [5, 5.41) is 3.69. The molecular weight excluding hydrogens is 371 g/mol. The Labute approximate surface area is 172 Å². The van der Waals surface area contributed by atoms with Crippen LogP contribution in [0.2, 0.25) is 0 Å². The van der Waals surface area contributed by atoms with E-state index in [-0.39, 0.29) is 6.10 Å². The van der Waals surface area contributed by atoms with Crippen molar-refractivity contribution in [1.29, 1.82) is 0 Å². The SMILES string of the molecule is C1=CC(O[P+](c2ccccc2)(c2ccccc2)c2ccccc2)c2ccccc21. The van der Waals surface area contributed by atoms with Crippen LogP contribution >= 0.6 is 7.49 Å². The summed E-state index contributed by atoms with van der Waals surface area (Å²) in [4.78, 5) is 0. The summed E-state index contributed by atoms with van der Waals surface area (Å²) >= 11 is 0. The highest BCUT2D eigenvalue weighted by Crippen LogP contribution is 2.60. The maximum atomic E-state index is 7.21. The van der Waals surface area contributed by atoms with Crippen molar-refractivity contribution in [1.82, 2.24) is 0 Å². The van der Waals surface area contributed by atoms with E-state index in [0.717, 1.165) is 0 Å². The van der Waals surface area contributed by atoms with E-state index in [1.807, 2.05) is 0 Å². The zero-order valence-electron chi connectivity index (χ0n) is 16.1. The molecule has 0 fully saturated rings. The van der Waals surface area contributed by atoms with Crippen molar-refractivity contribution >= 4 is 29.5 Å². The molecule has 0 amide bonds. The Bertz CT molecular complexity index is 1020. The first-order chi connectivity index (χ1) is 14.4. The summed E-state index contributed by atoms with van der Waals surface area (Å²) in [5.74, 6) is 0. The molecule has 4 aromatic carbocycles. The molecule has 0 aromatic heterocycles. The average molecular weight is 393 g/mol. The van der Waals surface area contributed by atoms with E-state index in [1.165, 1.54) is 27.0 Å². The quantitative estimate of drug-likeness (QED) is 0.397. The van der Waals surface area contributed by atoms with Gasteiger partial charge < -0.3 is 0 Å². The van der Waals surface area contributed by atoms with Gasteiger partial charge in [0.2, 0.25) is 7.49 Å². The predicted octanol–water partition coefficient (Wildman–Crippen LogP) is 5.68. The van der Waals surface area contributed by atoms with Gasteiger partial charge in [-0.05, 0) is 53.6 Å². The molecule has 0 heterocycles. The molecule has 0 spiro atoms. The lowest BCUT2D eigenvalue weighted by Crippen LogP contribution is -2.33. The van der Waals surface area contributed by atoms with E-state index in [9.17, 15) is 0 Å². The van der Waals surface area contributed by atoms with Crippen molar-refractivity contribution in [2.75, 3.05) is 0 Å². The maximum Gasteiger partial charge on any atom is 0.243 e. The topological polar surface area (TPSA) is 9.23 Å². The first-order valence-corrected chi connectivity index (χ1v) is 11.6. The monoisotopic (exact) mass is 393 g/mol. The minimum absolute atomic E-state index is 0.0693. The largest absolute Gasteiger partial charge is 0.243 e. The van der Waals surface area contributed by atoms with Gasteiger partial charge in [-0.1, -0.05) is 84.9 Å². The molecule has 0 bridgehead atoms. The van der Waals surface area contributed by atoms with Crippen LogP contribution in [-0.2, 0) is 4.52 Å². The summed E-state index contributed by atoms with van der Waals surface area (Å²) in [6, 6.07) is 40.6. The van der Waals surface area contributed by atoms with E-state index >= 15 is 0 Å². The zero-order valence-corrected chi connectivity index (χ0v) is 17.0. The standard InChI is InChI=1S/C27H22OP/c1-4-13-23(14-5-1)29(24-15-6-2-7-16-24,25-17-8-3-9-18-25)28-27-21-20-22-12-10-11-19-26(22)27/h1-21,27H/q+1. The van der Waals surface area contributed by atoms with Gasteiger partial charge in [-0.2, -0.15) is 0 Å². The number of rotatable bonds is 5. The van der Waals surface area contributed by atoms with Gasteiger partial charge >= 0.3 is 0 Å².